The van der Waals surface area contributed by atoms with Gasteiger partial charge in [0, 0.05) is 18.5 Å². The Bertz CT molecular complexity index is 477. The molecule has 2 nitrogen and oxygen atoms in total. The lowest BCUT2D eigenvalue weighted by molar-refractivity contribution is 0.315. The van der Waals surface area contributed by atoms with Gasteiger partial charge in [0.15, 0.2) is 0 Å². The predicted molar refractivity (Wildman–Crippen MR) is 73.2 cm³/mol. The van der Waals surface area contributed by atoms with Crippen LogP contribution in [0.2, 0.25) is 0 Å². The molecule has 0 saturated heterocycles. The summed E-state index contributed by atoms with van der Waals surface area (Å²) < 4.78 is 0. The molecule has 0 aliphatic heterocycles. The van der Waals surface area contributed by atoms with Crippen LogP contribution in [-0.2, 0) is 13.1 Å². The predicted octanol–water partition coefficient (Wildman–Crippen LogP) is 3.39. The highest BCUT2D eigenvalue weighted by atomic mass is 32.1. The summed E-state index contributed by atoms with van der Waals surface area (Å²) in [5.41, 5.74) is 7.13. The summed E-state index contributed by atoms with van der Waals surface area (Å²) in [5.74, 6) is 0. The average molecular weight is 246 g/mol. The molecule has 3 heteroatoms. The molecule has 0 unspecified atom stereocenters. The van der Waals surface area contributed by atoms with Gasteiger partial charge in [-0.3, -0.25) is 4.90 Å². The second-order valence-electron chi connectivity index (χ2n) is 4.57. The SMILES string of the molecule is Cc1ccc(CN(C)Cc2cscn2)cc1C. The standard InChI is InChI=1S/C14H18N2S/c1-11-4-5-13(6-12(11)2)7-16(3)8-14-9-17-10-15-14/h4-6,9-10H,7-8H2,1-3H3. The van der Waals surface area contributed by atoms with Gasteiger partial charge in [-0.1, -0.05) is 18.2 Å². The molecule has 0 fully saturated rings. The van der Waals surface area contributed by atoms with Crippen molar-refractivity contribution in [2.24, 2.45) is 0 Å². The molecule has 1 heterocycles. The second-order valence-corrected chi connectivity index (χ2v) is 5.29. The third kappa shape index (κ3) is 3.38. The first kappa shape index (κ1) is 12.3. The normalized spacial score (nSPS) is 11.1. The van der Waals surface area contributed by atoms with E-state index < -0.39 is 0 Å². The summed E-state index contributed by atoms with van der Waals surface area (Å²) in [6.07, 6.45) is 0. The van der Waals surface area contributed by atoms with Gasteiger partial charge in [-0.2, -0.15) is 0 Å². The fourth-order valence-corrected chi connectivity index (χ4v) is 2.41. The smallest absolute Gasteiger partial charge is 0.0795 e. The zero-order valence-electron chi connectivity index (χ0n) is 10.6. The summed E-state index contributed by atoms with van der Waals surface area (Å²) in [5, 5.41) is 2.11. The van der Waals surface area contributed by atoms with E-state index in [1.54, 1.807) is 11.3 Å². The molecule has 17 heavy (non-hydrogen) atoms. The Morgan fingerprint density at radius 1 is 1.18 bits per heavy atom. The topological polar surface area (TPSA) is 16.1 Å². The van der Waals surface area contributed by atoms with Crippen molar-refractivity contribution in [1.29, 1.82) is 0 Å². The summed E-state index contributed by atoms with van der Waals surface area (Å²) in [6.45, 7) is 6.20. The minimum atomic E-state index is 0.913. The van der Waals surface area contributed by atoms with Crippen LogP contribution in [0.15, 0.2) is 29.1 Å². The van der Waals surface area contributed by atoms with Gasteiger partial charge in [0.1, 0.15) is 0 Å². The molecule has 0 bridgehead atoms. The summed E-state index contributed by atoms with van der Waals surface area (Å²) in [7, 11) is 2.13. The maximum absolute atomic E-state index is 4.31. The van der Waals surface area contributed by atoms with Crippen LogP contribution in [0.5, 0.6) is 0 Å². The molecular weight excluding hydrogens is 228 g/mol. The quantitative estimate of drug-likeness (QED) is 0.822. The van der Waals surface area contributed by atoms with Crippen molar-refractivity contribution in [1.82, 2.24) is 9.88 Å². The molecule has 2 rings (SSSR count). The van der Waals surface area contributed by atoms with E-state index in [0.29, 0.717) is 0 Å². The molecule has 2 aromatic rings. The van der Waals surface area contributed by atoms with Crippen LogP contribution in [-0.4, -0.2) is 16.9 Å². The van der Waals surface area contributed by atoms with Gasteiger partial charge in [0.2, 0.25) is 0 Å². The molecule has 0 radical (unpaired) electrons. The third-order valence-electron chi connectivity index (χ3n) is 2.94. The minimum absolute atomic E-state index is 0.913. The summed E-state index contributed by atoms with van der Waals surface area (Å²) >= 11 is 1.65. The van der Waals surface area contributed by atoms with Crippen molar-refractivity contribution in [3.63, 3.8) is 0 Å². The first-order chi connectivity index (χ1) is 8.15. The first-order valence-corrected chi connectivity index (χ1v) is 6.71. The Hall–Kier alpha value is -1.19. The number of rotatable bonds is 4. The van der Waals surface area contributed by atoms with E-state index in [-0.39, 0.29) is 0 Å². The van der Waals surface area contributed by atoms with E-state index >= 15 is 0 Å². The lowest BCUT2D eigenvalue weighted by Gasteiger charge is -2.16. The Morgan fingerprint density at radius 3 is 2.65 bits per heavy atom. The average Bonchev–Trinajstić information content (AvgIpc) is 2.76. The van der Waals surface area contributed by atoms with Crippen molar-refractivity contribution in [2.75, 3.05) is 7.05 Å². The lowest BCUT2D eigenvalue weighted by atomic mass is 10.1. The highest BCUT2D eigenvalue weighted by Gasteiger charge is 2.04. The minimum Gasteiger partial charge on any atom is -0.296 e. The van der Waals surface area contributed by atoms with E-state index in [2.05, 4.69) is 54.4 Å². The van der Waals surface area contributed by atoms with E-state index in [1.807, 2.05) is 5.51 Å². The molecule has 0 aliphatic carbocycles. The first-order valence-electron chi connectivity index (χ1n) is 5.77. The molecular formula is C14H18N2S. The van der Waals surface area contributed by atoms with Crippen molar-refractivity contribution >= 4 is 11.3 Å². The van der Waals surface area contributed by atoms with Gasteiger partial charge < -0.3 is 0 Å². The monoisotopic (exact) mass is 246 g/mol. The molecule has 0 aliphatic rings. The highest BCUT2D eigenvalue weighted by molar-refractivity contribution is 7.07. The summed E-state index contributed by atoms with van der Waals surface area (Å²) in [4.78, 5) is 6.60. The fraction of sp³-hybridized carbons (Fsp3) is 0.357. The Labute approximate surface area is 107 Å². The van der Waals surface area contributed by atoms with Gasteiger partial charge in [0.25, 0.3) is 0 Å². The Kier molecular flexibility index (Phi) is 3.92. The molecule has 0 N–H and O–H groups in total. The van der Waals surface area contributed by atoms with Crippen LogP contribution >= 0.6 is 11.3 Å². The number of hydrogen-bond acceptors (Lipinski definition) is 3. The number of hydrogen-bond donors (Lipinski definition) is 0. The number of nitrogens with zero attached hydrogens (tertiary/aromatic N) is 2. The van der Waals surface area contributed by atoms with Gasteiger partial charge in [-0.05, 0) is 37.6 Å². The zero-order valence-corrected chi connectivity index (χ0v) is 11.4. The number of benzene rings is 1. The number of aromatic nitrogens is 1. The van der Waals surface area contributed by atoms with E-state index in [4.69, 9.17) is 0 Å². The molecule has 1 aromatic heterocycles. The highest BCUT2D eigenvalue weighted by Crippen LogP contribution is 2.13. The van der Waals surface area contributed by atoms with Crippen LogP contribution in [0.1, 0.15) is 22.4 Å². The number of aryl methyl sites for hydroxylation is 2. The number of thiazole rings is 1. The largest absolute Gasteiger partial charge is 0.296 e. The van der Waals surface area contributed by atoms with Gasteiger partial charge >= 0.3 is 0 Å². The van der Waals surface area contributed by atoms with Gasteiger partial charge in [-0.25, -0.2) is 4.98 Å². The summed E-state index contributed by atoms with van der Waals surface area (Å²) in [6, 6.07) is 6.67. The van der Waals surface area contributed by atoms with E-state index in [0.717, 1.165) is 18.8 Å². The van der Waals surface area contributed by atoms with Crippen molar-refractivity contribution < 1.29 is 0 Å². The van der Waals surface area contributed by atoms with Crippen LogP contribution in [0, 0.1) is 13.8 Å². The van der Waals surface area contributed by atoms with Crippen LogP contribution in [0.4, 0.5) is 0 Å². The zero-order chi connectivity index (χ0) is 12.3. The van der Waals surface area contributed by atoms with Gasteiger partial charge in [-0.15, -0.1) is 11.3 Å². The molecule has 0 atom stereocenters. The Balaban J connectivity index is 1.98. The third-order valence-corrected chi connectivity index (χ3v) is 3.57. The molecule has 0 saturated carbocycles. The second kappa shape index (κ2) is 5.43. The van der Waals surface area contributed by atoms with Crippen molar-refractivity contribution in [3.05, 3.63) is 51.5 Å². The van der Waals surface area contributed by atoms with Crippen molar-refractivity contribution in [2.45, 2.75) is 26.9 Å². The maximum Gasteiger partial charge on any atom is 0.0795 e. The van der Waals surface area contributed by atoms with Gasteiger partial charge in [0.05, 0.1) is 11.2 Å². The molecule has 0 spiro atoms. The van der Waals surface area contributed by atoms with Crippen LogP contribution in [0.3, 0.4) is 0 Å². The molecule has 90 valence electrons. The van der Waals surface area contributed by atoms with Crippen LogP contribution in [0.25, 0.3) is 0 Å². The van der Waals surface area contributed by atoms with Crippen molar-refractivity contribution in [3.8, 4) is 0 Å². The van der Waals surface area contributed by atoms with E-state index in [9.17, 15) is 0 Å². The van der Waals surface area contributed by atoms with Crippen LogP contribution < -0.4 is 0 Å². The molecule has 0 amide bonds. The fourth-order valence-electron chi connectivity index (χ4n) is 1.86. The molecule has 1 aromatic carbocycles. The Morgan fingerprint density at radius 2 is 2.00 bits per heavy atom. The lowest BCUT2D eigenvalue weighted by Crippen LogP contribution is -2.17. The van der Waals surface area contributed by atoms with E-state index in [1.165, 1.54) is 16.7 Å². The maximum atomic E-state index is 4.31.